The molecule has 0 radical (unpaired) electrons. The first kappa shape index (κ1) is 19.9. The van der Waals surface area contributed by atoms with E-state index >= 15 is 0 Å². The molecule has 0 saturated heterocycles. The zero-order valence-corrected chi connectivity index (χ0v) is 18.2. The molecule has 2 N–H and O–H groups in total. The molecule has 0 aliphatic carbocycles. The Hall–Kier alpha value is -4.77. The Morgan fingerprint density at radius 3 is 2.12 bits per heavy atom. The van der Waals surface area contributed by atoms with Crippen LogP contribution in [-0.4, -0.2) is 22.3 Å². The van der Waals surface area contributed by atoms with Crippen LogP contribution in [0.3, 0.4) is 0 Å². The van der Waals surface area contributed by atoms with Gasteiger partial charge in [0.25, 0.3) is 5.91 Å². The molecule has 0 saturated carbocycles. The lowest BCUT2D eigenvalue weighted by Crippen LogP contribution is -2.18. The summed E-state index contributed by atoms with van der Waals surface area (Å²) in [7, 11) is 0. The van der Waals surface area contributed by atoms with Crippen molar-refractivity contribution in [2.24, 2.45) is 5.10 Å². The summed E-state index contributed by atoms with van der Waals surface area (Å²) >= 11 is 0. The van der Waals surface area contributed by atoms with Crippen molar-refractivity contribution in [3.63, 3.8) is 0 Å². The molecule has 1 aromatic heterocycles. The molecule has 5 aromatic carbocycles. The van der Waals surface area contributed by atoms with Crippen molar-refractivity contribution < 1.29 is 4.79 Å². The predicted molar refractivity (Wildman–Crippen MR) is 138 cm³/mol. The predicted octanol–water partition coefficient (Wildman–Crippen LogP) is 6.30. The highest BCUT2D eigenvalue weighted by Crippen LogP contribution is 2.27. The maximum Gasteiger partial charge on any atom is 0.289 e. The van der Waals surface area contributed by atoms with Crippen molar-refractivity contribution in [3.8, 4) is 11.3 Å². The average Bonchev–Trinajstić information content (AvgIpc) is 3.38. The van der Waals surface area contributed by atoms with Gasteiger partial charge < -0.3 is 0 Å². The van der Waals surface area contributed by atoms with Gasteiger partial charge in [-0.3, -0.25) is 9.89 Å². The van der Waals surface area contributed by atoms with Crippen LogP contribution in [0.5, 0.6) is 0 Å². The van der Waals surface area contributed by atoms with E-state index in [1.54, 1.807) is 12.3 Å². The summed E-state index contributed by atoms with van der Waals surface area (Å²) in [6.07, 6.45) is 1.71. The molecule has 6 rings (SSSR count). The first-order valence-corrected chi connectivity index (χ1v) is 11.0. The van der Waals surface area contributed by atoms with E-state index in [0.717, 1.165) is 43.4 Å². The third-order valence-electron chi connectivity index (χ3n) is 6.04. The monoisotopic (exact) mass is 440 g/mol. The molecular formula is C29H20N4O. The van der Waals surface area contributed by atoms with Crippen LogP contribution in [0.1, 0.15) is 16.1 Å². The summed E-state index contributed by atoms with van der Waals surface area (Å²) in [6.45, 7) is 0. The molecule has 34 heavy (non-hydrogen) atoms. The smallest absolute Gasteiger partial charge is 0.272 e. The summed E-state index contributed by atoms with van der Waals surface area (Å²) in [5.74, 6) is -0.347. The van der Waals surface area contributed by atoms with Crippen LogP contribution < -0.4 is 5.43 Å². The SMILES string of the molecule is O=C(NN=Cc1c2ccccc2cc2ccccc12)c1cc(-c2ccc3ccccc3c2)n[nH]1. The van der Waals surface area contributed by atoms with E-state index in [9.17, 15) is 4.79 Å². The number of hydrazone groups is 1. The van der Waals surface area contributed by atoms with Crippen molar-refractivity contribution in [2.75, 3.05) is 0 Å². The Morgan fingerprint density at radius 2 is 1.38 bits per heavy atom. The molecule has 0 spiro atoms. The van der Waals surface area contributed by atoms with Gasteiger partial charge in [0.1, 0.15) is 5.69 Å². The second-order valence-electron chi connectivity index (χ2n) is 8.16. The van der Waals surface area contributed by atoms with Crippen molar-refractivity contribution in [2.45, 2.75) is 0 Å². The van der Waals surface area contributed by atoms with Crippen LogP contribution in [0, 0.1) is 0 Å². The van der Waals surface area contributed by atoms with Crippen molar-refractivity contribution >= 4 is 44.4 Å². The highest BCUT2D eigenvalue weighted by molar-refractivity contribution is 6.13. The van der Waals surface area contributed by atoms with Crippen LogP contribution in [0.4, 0.5) is 0 Å². The zero-order chi connectivity index (χ0) is 22.9. The number of carbonyl (C=O) groups excluding carboxylic acids is 1. The molecular weight excluding hydrogens is 420 g/mol. The first-order chi connectivity index (χ1) is 16.8. The van der Waals surface area contributed by atoms with E-state index in [1.807, 2.05) is 42.5 Å². The molecule has 5 nitrogen and oxygen atoms in total. The van der Waals surface area contributed by atoms with Gasteiger partial charge in [0.2, 0.25) is 0 Å². The van der Waals surface area contributed by atoms with E-state index in [4.69, 9.17) is 0 Å². The molecule has 1 heterocycles. The molecule has 1 amide bonds. The highest BCUT2D eigenvalue weighted by atomic mass is 16.2. The van der Waals surface area contributed by atoms with Gasteiger partial charge in [-0.15, -0.1) is 0 Å². The van der Waals surface area contributed by atoms with E-state index in [1.165, 1.54) is 0 Å². The lowest BCUT2D eigenvalue weighted by Gasteiger charge is -2.07. The number of benzene rings is 5. The topological polar surface area (TPSA) is 70.1 Å². The van der Waals surface area contributed by atoms with E-state index < -0.39 is 0 Å². The zero-order valence-electron chi connectivity index (χ0n) is 18.2. The molecule has 0 aliphatic heterocycles. The van der Waals surface area contributed by atoms with Gasteiger partial charge >= 0.3 is 0 Å². The molecule has 5 heteroatoms. The fraction of sp³-hybridized carbons (Fsp3) is 0. The number of rotatable bonds is 4. The number of H-pyrrole nitrogens is 1. The molecule has 0 bridgehead atoms. The van der Waals surface area contributed by atoms with Crippen LogP contribution in [0.2, 0.25) is 0 Å². The summed E-state index contributed by atoms with van der Waals surface area (Å²) in [6, 6.07) is 34.5. The second-order valence-corrected chi connectivity index (χ2v) is 8.16. The molecule has 0 unspecified atom stereocenters. The number of nitrogens with zero attached hydrogens (tertiary/aromatic N) is 2. The molecule has 0 atom stereocenters. The number of aromatic amines is 1. The summed E-state index contributed by atoms with van der Waals surface area (Å²) in [5, 5.41) is 18.1. The third kappa shape index (κ3) is 3.59. The standard InChI is InChI=1S/C29H20N4O/c34-29(28-17-27(31-32-28)23-14-13-19-7-1-2-8-20(19)15-23)33-30-18-26-24-11-5-3-9-21(24)16-22-10-4-6-12-25(22)26/h1-18H,(H,31,32)(H,33,34). The van der Waals surface area contributed by atoms with Crippen molar-refractivity contribution in [1.29, 1.82) is 0 Å². The van der Waals surface area contributed by atoms with Crippen molar-refractivity contribution in [3.05, 3.63) is 114 Å². The molecule has 162 valence electrons. The van der Waals surface area contributed by atoms with Gasteiger partial charge in [-0.2, -0.15) is 10.2 Å². The minimum Gasteiger partial charge on any atom is -0.272 e. The van der Waals surface area contributed by atoms with Gasteiger partial charge in [0, 0.05) is 11.1 Å². The number of carbonyl (C=O) groups is 1. The Bertz CT molecular complexity index is 1660. The quantitative estimate of drug-likeness (QED) is 0.192. The van der Waals surface area contributed by atoms with E-state index in [-0.39, 0.29) is 5.91 Å². The Morgan fingerprint density at radius 1 is 0.735 bits per heavy atom. The largest absolute Gasteiger partial charge is 0.289 e. The molecule has 0 aliphatic rings. The van der Waals surface area contributed by atoms with Gasteiger partial charge in [-0.05, 0) is 50.5 Å². The van der Waals surface area contributed by atoms with Crippen LogP contribution in [-0.2, 0) is 0 Å². The highest BCUT2D eigenvalue weighted by Gasteiger charge is 2.11. The molecule has 0 fully saturated rings. The van der Waals surface area contributed by atoms with Crippen molar-refractivity contribution in [1.82, 2.24) is 15.6 Å². The maximum atomic E-state index is 12.7. The van der Waals surface area contributed by atoms with Crippen LogP contribution in [0.15, 0.2) is 108 Å². The summed E-state index contributed by atoms with van der Waals surface area (Å²) in [4.78, 5) is 12.7. The first-order valence-electron chi connectivity index (χ1n) is 11.0. The summed E-state index contributed by atoms with van der Waals surface area (Å²) < 4.78 is 0. The lowest BCUT2D eigenvalue weighted by molar-refractivity contribution is 0.0950. The number of aromatic nitrogens is 2. The Balaban J connectivity index is 1.27. The fourth-order valence-corrected chi connectivity index (χ4v) is 4.34. The van der Waals surface area contributed by atoms with Gasteiger partial charge in [0.05, 0.1) is 11.9 Å². The number of fused-ring (bicyclic) bond motifs is 3. The number of hydrogen-bond acceptors (Lipinski definition) is 3. The molecule has 6 aromatic rings. The van der Waals surface area contributed by atoms with E-state index in [0.29, 0.717) is 11.4 Å². The Labute approximate surface area is 195 Å². The number of hydrogen-bond donors (Lipinski definition) is 2. The van der Waals surface area contributed by atoms with Crippen LogP contribution in [0.25, 0.3) is 43.6 Å². The minimum absolute atomic E-state index is 0.347. The number of nitrogens with one attached hydrogen (secondary N) is 2. The second kappa shape index (κ2) is 8.30. The van der Waals surface area contributed by atoms with Gasteiger partial charge in [0.15, 0.2) is 0 Å². The fourth-order valence-electron chi connectivity index (χ4n) is 4.34. The maximum absolute atomic E-state index is 12.7. The third-order valence-corrected chi connectivity index (χ3v) is 6.04. The van der Waals surface area contributed by atoms with Gasteiger partial charge in [-0.25, -0.2) is 5.43 Å². The normalized spacial score (nSPS) is 11.5. The summed E-state index contributed by atoms with van der Waals surface area (Å²) in [5.41, 5.74) is 5.60. The number of amides is 1. The average molecular weight is 441 g/mol. The Kier molecular flexibility index (Phi) is 4.85. The van der Waals surface area contributed by atoms with Gasteiger partial charge in [-0.1, -0.05) is 84.9 Å². The minimum atomic E-state index is -0.347. The lowest BCUT2D eigenvalue weighted by atomic mass is 9.97. The van der Waals surface area contributed by atoms with Crippen LogP contribution >= 0.6 is 0 Å². The van der Waals surface area contributed by atoms with E-state index in [2.05, 4.69) is 75.3 Å².